The maximum absolute atomic E-state index is 14.7. The first kappa shape index (κ1) is 83.6. The van der Waals surface area contributed by atoms with Gasteiger partial charge in [0, 0.05) is 55.4 Å². The van der Waals surface area contributed by atoms with Crippen molar-refractivity contribution in [2.24, 2.45) is 11.8 Å². The van der Waals surface area contributed by atoms with Crippen LogP contribution in [0, 0.1) is 25.7 Å². The molecule has 0 amide bonds. The SMILES string of the molecule is Cc1cn([C@H]2CC(OP(=O)([S-])OC[C@H]3O[C@@H](n4cnc5c(=O)[nH]c(N)nc54)CC3OP([O-])(=S)OC[C@H]3O[C@@H](n4cc(C)c(=O)[nH]c4=O)CC3OP(=S)(S)OC[C@H]3O[C@@H](n4ccc(N)nc4=O)CC3C(C)C)[C@@H](COP([O-])(=S)OC3C[C@H](n4cnc5c(=O)[nH]c(N)nc54)O[C@@H]3COP([O-])(=S)OC(C)C)O2)c(=O)[nH]c1=O. The number of H-pyrrole nitrogens is 4. The second-order valence-corrected chi connectivity index (χ2v) is 42.3. The van der Waals surface area contributed by atoms with Gasteiger partial charge < -0.3 is 113 Å². The fraction of sp³-hybridized carbons (Fsp3) is 0.600. The average molecular weight is 1730 g/mol. The highest BCUT2D eigenvalue weighted by molar-refractivity contribution is 8.60. The fourth-order valence-electron chi connectivity index (χ4n) is 12.8. The maximum Gasteiger partial charge on any atom is 0.351 e. The van der Waals surface area contributed by atoms with E-state index in [1.165, 1.54) is 64.9 Å². The van der Waals surface area contributed by atoms with Gasteiger partial charge in [0.2, 0.25) is 17.6 Å². The van der Waals surface area contributed by atoms with Gasteiger partial charge in [-0.25, -0.2) is 24.4 Å². The number of aromatic amines is 4. The number of aryl methyl sites for hydroxylation is 2. The van der Waals surface area contributed by atoms with Crippen LogP contribution in [0.1, 0.15) is 102 Å². The van der Waals surface area contributed by atoms with Gasteiger partial charge in [-0.1, -0.05) is 61.5 Å². The summed E-state index contributed by atoms with van der Waals surface area (Å²) in [7, 11) is 0. The van der Waals surface area contributed by atoms with Crippen LogP contribution in [-0.2, 0) is 133 Å². The van der Waals surface area contributed by atoms with E-state index in [0.29, 0.717) is 6.42 Å². The summed E-state index contributed by atoms with van der Waals surface area (Å²) in [4.78, 5) is 162. The number of hydrogen-bond acceptors (Lipinski definition) is 39. The van der Waals surface area contributed by atoms with Crippen LogP contribution < -0.4 is 71.2 Å². The van der Waals surface area contributed by atoms with Crippen LogP contribution in [0.4, 0.5) is 17.7 Å². The zero-order valence-corrected chi connectivity index (χ0v) is 67.3. The van der Waals surface area contributed by atoms with Crippen molar-refractivity contribution in [2.45, 2.75) is 166 Å². The topological polar surface area (TPSA) is 575 Å². The molecule has 109 heavy (non-hydrogen) atoms. The number of nitrogens with one attached hydrogen (secondary N) is 4. The van der Waals surface area contributed by atoms with E-state index in [1.54, 1.807) is 13.8 Å². The van der Waals surface area contributed by atoms with Gasteiger partial charge in [0.25, 0.3) is 22.2 Å². The first-order valence-corrected chi connectivity index (χ1v) is 47.1. The third-order valence-corrected chi connectivity index (χ3v) is 26.5. The lowest BCUT2D eigenvalue weighted by Gasteiger charge is -2.35. The van der Waals surface area contributed by atoms with Crippen LogP contribution in [0.5, 0.6) is 0 Å². The van der Waals surface area contributed by atoms with E-state index in [1.807, 2.05) is 13.8 Å². The van der Waals surface area contributed by atoms with Crippen LogP contribution >= 0.6 is 44.9 Å². The van der Waals surface area contributed by atoms with Crippen molar-refractivity contribution in [1.82, 2.24) is 67.7 Å². The largest absolute Gasteiger partial charge is 0.780 e. The van der Waals surface area contributed by atoms with Gasteiger partial charge in [-0.2, -0.15) is 15.0 Å². The van der Waals surface area contributed by atoms with Crippen LogP contribution in [0.15, 0.2) is 70.9 Å². The maximum atomic E-state index is 14.7. The average Bonchev–Trinajstić information content (AvgIpc) is 1.76. The Bertz CT molecular complexity index is 5280. The van der Waals surface area contributed by atoms with Gasteiger partial charge in [0.15, 0.2) is 29.1 Å². The van der Waals surface area contributed by atoms with E-state index in [-0.39, 0.29) is 88.9 Å². The number of fused-ring (bicyclic) bond motifs is 2. The van der Waals surface area contributed by atoms with Gasteiger partial charge in [-0.05, 0) is 63.8 Å². The van der Waals surface area contributed by atoms with E-state index >= 15 is 0 Å². The number of thiol groups is 1. The van der Waals surface area contributed by atoms with Crippen molar-refractivity contribution in [3.8, 4) is 0 Å². The Hall–Kier alpha value is -4.85. The van der Waals surface area contributed by atoms with Crippen molar-refractivity contribution in [2.75, 3.05) is 50.2 Å². The Morgan fingerprint density at radius 1 is 0.541 bits per heavy atom. The predicted molar refractivity (Wildman–Crippen MR) is 398 cm³/mol. The molecule has 12 heterocycles. The van der Waals surface area contributed by atoms with Crippen LogP contribution in [-0.4, -0.2) is 162 Å². The molecular weight excluding hydrogens is 1660 g/mol. The third kappa shape index (κ3) is 20.1. The summed E-state index contributed by atoms with van der Waals surface area (Å²) in [5.41, 5.74) is 8.49. The minimum absolute atomic E-state index is 0.0154. The van der Waals surface area contributed by atoms with Crippen molar-refractivity contribution < 1.29 is 88.2 Å². The molecule has 5 aliphatic heterocycles. The molecule has 20 atom stereocenters. The first-order valence-electron chi connectivity index (χ1n) is 33.1. The molecular formula is C55H72N17O26P5S6-4. The second kappa shape index (κ2) is 33.5. The monoisotopic (exact) mass is 1730 g/mol. The molecule has 5 saturated heterocycles. The lowest BCUT2D eigenvalue weighted by Crippen LogP contribution is -2.34. The molecule has 598 valence electrons. The minimum atomic E-state index is -4.92. The standard InChI is InChI=1S/C55H76N17O26P5S6/c1-23(2)27-9-38(68-8-7-37(56)61-53(68)77)89-32(27)16-88-103(108,109)98-31-13-40(70-15-26(6)48(74)67-55(70)79)91-36(31)20-87-102(83,107)97-30-12-42(72-22-60-44-46(72)63-52(58)65-50(44)76)93-35(30)19-86-100(81,105)95-28-10-39(69-14-25(5)47(73)66-54(69)78)90-33(28)18-85-101(82,106)96-29-11-41(92-34(29)17-84-99(80,104)94-24(3)4)71-21-59-43-45(71)62-51(57)64-49(43)75/h7-8,14-15,21-24,27-36,38-42H,9-13,16-20H2,1-6H3,(H,80,104)(H,81,105)(H,82,106)(H,83,107)(H,108,109)(H2,56,61,77)(H,66,73,78)(H,67,74,79)(H3,57,62,64,75)(H3,58,63,65,76)/p-4/t27?,28?,29?,30?,31?,32-,33-,34-,35-,36-,38-,39-,40-,41-,42-,99?,100?,101?,102?/m1/s1. The summed E-state index contributed by atoms with van der Waals surface area (Å²) in [5.74, 6) is -0.655. The first-order chi connectivity index (χ1) is 51.2. The molecule has 10 N–H and O–H groups in total. The Morgan fingerprint density at radius 2 is 0.936 bits per heavy atom. The van der Waals surface area contributed by atoms with Crippen LogP contribution in [0.3, 0.4) is 0 Å². The molecule has 54 heteroatoms. The number of nitrogens with zero attached hydrogens (tertiary/aromatic N) is 10. The van der Waals surface area contributed by atoms with Gasteiger partial charge in [-0.3, -0.25) is 66.5 Å². The highest BCUT2D eigenvalue weighted by Gasteiger charge is 2.47. The van der Waals surface area contributed by atoms with Gasteiger partial charge in [0.1, 0.15) is 81.5 Å². The number of rotatable bonds is 31. The molecule has 7 aromatic rings. The molecule has 12 rings (SSSR count). The molecule has 5 aliphatic rings. The number of nitrogen functional groups attached to an aromatic ring is 3. The molecule has 7 aromatic heterocycles. The molecule has 0 aromatic carbocycles. The molecule has 0 aliphatic carbocycles. The highest BCUT2D eigenvalue weighted by atomic mass is 32.9. The number of nitrogens with two attached hydrogens (primary N) is 3. The minimum Gasteiger partial charge on any atom is -0.780 e. The summed E-state index contributed by atoms with van der Waals surface area (Å²) >= 11 is 32.0. The van der Waals surface area contributed by atoms with Crippen molar-refractivity contribution in [1.29, 1.82) is 0 Å². The Morgan fingerprint density at radius 3 is 1.38 bits per heavy atom. The summed E-state index contributed by atoms with van der Waals surface area (Å²) in [5, 5.41) is 0. The number of hydrogen-bond donors (Lipinski definition) is 8. The van der Waals surface area contributed by atoms with E-state index in [2.05, 4.69) is 57.1 Å². The number of aromatic nitrogens is 14. The van der Waals surface area contributed by atoms with Crippen LogP contribution in [0.2, 0.25) is 0 Å². The smallest absolute Gasteiger partial charge is 0.351 e. The van der Waals surface area contributed by atoms with E-state index < -0.39 is 197 Å². The molecule has 0 bridgehead atoms. The molecule has 43 nitrogen and oxygen atoms in total. The Kier molecular flexibility index (Phi) is 25.7. The Labute approximate surface area is 645 Å². The summed E-state index contributed by atoms with van der Waals surface area (Å²) in [6.45, 7) is -11.9. The lowest BCUT2D eigenvalue weighted by atomic mass is 9.89. The second-order valence-electron chi connectivity index (χ2n) is 26.2. The van der Waals surface area contributed by atoms with Crippen molar-refractivity contribution >= 4 is 144 Å². The van der Waals surface area contributed by atoms with Crippen molar-refractivity contribution in [3.63, 3.8) is 0 Å². The van der Waals surface area contributed by atoms with Crippen LogP contribution in [0.25, 0.3) is 22.3 Å². The molecule has 0 spiro atoms. The summed E-state index contributed by atoms with van der Waals surface area (Å²) in [6, 6.07) is 1.47. The number of imidazole rings is 2. The number of ether oxygens (including phenoxy) is 5. The zero-order chi connectivity index (χ0) is 78.7. The molecule has 0 saturated carbocycles. The van der Waals surface area contributed by atoms with Gasteiger partial charge in [-0.15, -0.1) is 0 Å². The van der Waals surface area contributed by atoms with E-state index in [4.69, 9.17) is 146 Å². The molecule has 10 unspecified atom stereocenters. The normalized spacial score (nSPS) is 28.8. The zero-order valence-electron chi connectivity index (χ0n) is 57.9. The number of anilines is 3. The molecule has 5 fully saturated rings. The summed E-state index contributed by atoms with van der Waals surface area (Å²) < 4.78 is 111. The third-order valence-electron chi connectivity index (χ3n) is 17.8. The highest BCUT2D eigenvalue weighted by Crippen LogP contribution is 2.58. The quantitative estimate of drug-likeness (QED) is 0.0164. The van der Waals surface area contributed by atoms with E-state index in [0.717, 1.165) is 9.13 Å². The van der Waals surface area contributed by atoms with Gasteiger partial charge in [0.05, 0.1) is 82.3 Å². The van der Waals surface area contributed by atoms with E-state index in [9.17, 15) is 52.8 Å². The van der Waals surface area contributed by atoms with Gasteiger partial charge >= 0.3 is 17.1 Å². The lowest BCUT2D eigenvalue weighted by molar-refractivity contribution is -0.218. The Balaban J connectivity index is 0.758. The molecule has 0 radical (unpaired) electrons. The fourth-order valence-corrected chi connectivity index (χ4v) is 20.8. The predicted octanol–water partition coefficient (Wildman–Crippen LogP) is 0.296. The van der Waals surface area contributed by atoms with Crippen molar-refractivity contribution in [3.05, 3.63) is 121 Å². The summed E-state index contributed by atoms with van der Waals surface area (Å²) in [6.07, 6.45) is -12.3.